The van der Waals surface area contributed by atoms with Crippen LogP contribution in [0, 0.1) is 0 Å². The minimum Gasteiger partial charge on any atom is -0.387 e. The maximum atomic E-state index is 12.0. The second-order valence-corrected chi connectivity index (χ2v) is 6.72. The number of amides is 2. The van der Waals surface area contributed by atoms with E-state index in [-0.39, 0.29) is 6.03 Å². The minimum atomic E-state index is -0.606. The summed E-state index contributed by atoms with van der Waals surface area (Å²) in [7, 11) is 3.53. The Hall–Kier alpha value is -2.87. The van der Waals surface area contributed by atoms with E-state index in [0.29, 0.717) is 25.5 Å². The molecule has 1 aromatic carbocycles. The van der Waals surface area contributed by atoms with E-state index >= 15 is 0 Å². The number of aromatic nitrogens is 2. The molecule has 27 heavy (non-hydrogen) atoms. The number of hydrogen-bond donors (Lipinski definition) is 2. The van der Waals surface area contributed by atoms with E-state index < -0.39 is 6.10 Å². The van der Waals surface area contributed by atoms with Crippen LogP contribution in [0.5, 0.6) is 0 Å². The summed E-state index contributed by atoms with van der Waals surface area (Å²) in [4.78, 5) is 26.2. The van der Waals surface area contributed by atoms with Gasteiger partial charge in [-0.15, -0.1) is 0 Å². The van der Waals surface area contributed by atoms with Crippen LogP contribution in [0.4, 0.5) is 16.4 Å². The van der Waals surface area contributed by atoms with E-state index in [0.717, 1.165) is 24.5 Å². The molecular weight excluding hydrogens is 344 g/mol. The first-order valence-corrected chi connectivity index (χ1v) is 9.04. The molecule has 2 amide bonds. The highest BCUT2D eigenvalue weighted by Crippen LogP contribution is 2.18. The van der Waals surface area contributed by atoms with Gasteiger partial charge in [-0.05, 0) is 5.56 Å². The van der Waals surface area contributed by atoms with Gasteiger partial charge in [-0.2, -0.15) is 0 Å². The number of benzene rings is 1. The number of piperazine rings is 1. The number of carbonyl (C=O) groups excluding carboxylic acids is 1. The lowest BCUT2D eigenvalue weighted by Crippen LogP contribution is -2.51. The Labute approximate surface area is 159 Å². The highest BCUT2D eigenvalue weighted by atomic mass is 16.3. The van der Waals surface area contributed by atoms with Crippen LogP contribution in [-0.2, 0) is 0 Å². The number of nitrogens with zero attached hydrogens (tertiary/aromatic N) is 5. The zero-order valence-corrected chi connectivity index (χ0v) is 15.7. The molecule has 2 heterocycles. The first kappa shape index (κ1) is 18.9. The summed E-state index contributed by atoms with van der Waals surface area (Å²) in [6, 6.07) is 11.4. The van der Waals surface area contributed by atoms with Gasteiger partial charge in [-0.25, -0.2) is 14.8 Å². The molecule has 2 N–H and O–H groups in total. The van der Waals surface area contributed by atoms with Gasteiger partial charge < -0.3 is 25.1 Å². The molecule has 1 aliphatic rings. The summed E-state index contributed by atoms with van der Waals surface area (Å²) in [5, 5.41) is 13.4. The molecule has 1 aliphatic heterocycles. The van der Waals surface area contributed by atoms with Crippen LogP contribution in [0.15, 0.2) is 42.7 Å². The Balaban J connectivity index is 1.56. The first-order chi connectivity index (χ1) is 13.0. The van der Waals surface area contributed by atoms with Crippen molar-refractivity contribution in [1.82, 2.24) is 19.8 Å². The van der Waals surface area contributed by atoms with E-state index in [9.17, 15) is 9.90 Å². The van der Waals surface area contributed by atoms with Gasteiger partial charge in [-0.3, -0.25) is 0 Å². The van der Waals surface area contributed by atoms with Gasteiger partial charge in [0.2, 0.25) is 0 Å². The molecule has 1 saturated heterocycles. The van der Waals surface area contributed by atoms with Crippen molar-refractivity contribution in [2.75, 3.05) is 57.0 Å². The normalized spacial score (nSPS) is 15.4. The third-order valence-electron chi connectivity index (χ3n) is 4.57. The van der Waals surface area contributed by atoms with Crippen LogP contribution < -0.4 is 10.2 Å². The number of aliphatic hydroxyl groups excluding tert-OH is 1. The average Bonchev–Trinajstić information content (AvgIpc) is 2.72. The number of rotatable bonds is 5. The zero-order chi connectivity index (χ0) is 19.2. The predicted octanol–water partition coefficient (Wildman–Crippen LogP) is 1.43. The number of urea groups is 1. The zero-order valence-electron chi connectivity index (χ0n) is 15.7. The highest BCUT2D eigenvalue weighted by molar-refractivity contribution is 5.74. The molecule has 0 radical (unpaired) electrons. The van der Waals surface area contributed by atoms with Crippen LogP contribution in [0.1, 0.15) is 11.7 Å². The summed E-state index contributed by atoms with van der Waals surface area (Å²) in [5.74, 6) is 1.49. The first-order valence-electron chi connectivity index (χ1n) is 9.04. The lowest BCUT2D eigenvalue weighted by atomic mass is 10.1. The number of aliphatic hydroxyl groups is 1. The Bertz CT molecular complexity index is 747. The molecule has 144 valence electrons. The lowest BCUT2D eigenvalue weighted by molar-refractivity contribution is 0.168. The molecule has 1 atom stereocenters. The van der Waals surface area contributed by atoms with Crippen molar-refractivity contribution in [3.05, 3.63) is 48.3 Å². The fourth-order valence-corrected chi connectivity index (χ4v) is 3.02. The summed E-state index contributed by atoms with van der Waals surface area (Å²) in [5.41, 5.74) is 0.862. The van der Waals surface area contributed by atoms with Gasteiger partial charge in [0, 0.05) is 52.9 Å². The quantitative estimate of drug-likeness (QED) is 0.828. The largest absolute Gasteiger partial charge is 0.387 e. The van der Waals surface area contributed by atoms with Crippen molar-refractivity contribution >= 4 is 17.7 Å². The number of hydrogen-bond acceptors (Lipinski definition) is 6. The van der Waals surface area contributed by atoms with E-state index in [1.807, 2.05) is 41.3 Å². The molecule has 1 aromatic heterocycles. The number of anilines is 2. The van der Waals surface area contributed by atoms with E-state index in [2.05, 4.69) is 20.2 Å². The molecule has 8 nitrogen and oxygen atoms in total. The van der Waals surface area contributed by atoms with Crippen LogP contribution in [0.2, 0.25) is 0 Å². The fourth-order valence-electron chi connectivity index (χ4n) is 3.02. The third kappa shape index (κ3) is 4.85. The summed E-state index contributed by atoms with van der Waals surface area (Å²) in [6.45, 7) is 3.14. The molecule has 0 spiro atoms. The fraction of sp³-hybridized carbons (Fsp3) is 0.421. The standard InChI is InChI=1S/C19H26N6O2/c1-23(2)19(27)25-10-8-24(9-11-25)18-12-17(21-14-22-18)20-13-16(26)15-6-4-3-5-7-15/h3-7,12,14,16,26H,8-11,13H2,1-2H3,(H,20,21,22). The van der Waals surface area contributed by atoms with E-state index in [4.69, 9.17) is 0 Å². The summed E-state index contributed by atoms with van der Waals surface area (Å²) >= 11 is 0. The lowest BCUT2D eigenvalue weighted by Gasteiger charge is -2.36. The van der Waals surface area contributed by atoms with Crippen molar-refractivity contribution in [2.45, 2.75) is 6.10 Å². The Morgan fingerprint density at radius 2 is 1.89 bits per heavy atom. The molecular formula is C19H26N6O2. The van der Waals surface area contributed by atoms with Crippen molar-refractivity contribution in [3.63, 3.8) is 0 Å². The number of nitrogens with one attached hydrogen (secondary N) is 1. The minimum absolute atomic E-state index is 0.0367. The maximum Gasteiger partial charge on any atom is 0.319 e. The van der Waals surface area contributed by atoms with E-state index in [1.165, 1.54) is 6.33 Å². The van der Waals surface area contributed by atoms with Crippen LogP contribution in [0.25, 0.3) is 0 Å². The summed E-state index contributed by atoms with van der Waals surface area (Å²) in [6.07, 6.45) is 0.911. The van der Waals surface area contributed by atoms with Crippen molar-refractivity contribution in [3.8, 4) is 0 Å². The summed E-state index contributed by atoms with van der Waals surface area (Å²) < 4.78 is 0. The molecule has 8 heteroatoms. The van der Waals surface area contributed by atoms with Crippen LogP contribution in [-0.4, -0.2) is 77.7 Å². The predicted molar refractivity (Wildman–Crippen MR) is 105 cm³/mol. The van der Waals surface area contributed by atoms with Crippen molar-refractivity contribution in [1.29, 1.82) is 0 Å². The average molecular weight is 370 g/mol. The van der Waals surface area contributed by atoms with Gasteiger partial charge in [0.25, 0.3) is 0 Å². The van der Waals surface area contributed by atoms with Gasteiger partial charge in [0.1, 0.15) is 18.0 Å². The van der Waals surface area contributed by atoms with Crippen LogP contribution >= 0.6 is 0 Å². The van der Waals surface area contributed by atoms with Gasteiger partial charge >= 0.3 is 6.03 Å². The molecule has 0 bridgehead atoms. The van der Waals surface area contributed by atoms with Crippen molar-refractivity contribution in [2.24, 2.45) is 0 Å². The monoisotopic (exact) mass is 370 g/mol. The van der Waals surface area contributed by atoms with Crippen LogP contribution in [0.3, 0.4) is 0 Å². The number of carbonyl (C=O) groups is 1. The Kier molecular flexibility index (Phi) is 6.08. The highest BCUT2D eigenvalue weighted by Gasteiger charge is 2.23. The Morgan fingerprint density at radius 3 is 2.56 bits per heavy atom. The molecule has 0 saturated carbocycles. The second kappa shape index (κ2) is 8.68. The molecule has 2 aromatic rings. The molecule has 3 rings (SSSR count). The third-order valence-corrected chi connectivity index (χ3v) is 4.57. The second-order valence-electron chi connectivity index (χ2n) is 6.72. The Morgan fingerprint density at radius 1 is 1.19 bits per heavy atom. The van der Waals surface area contributed by atoms with Crippen molar-refractivity contribution < 1.29 is 9.90 Å². The van der Waals surface area contributed by atoms with Gasteiger partial charge in [0.05, 0.1) is 6.10 Å². The molecule has 1 unspecified atom stereocenters. The smallest absolute Gasteiger partial charge is 0.319 e. The topological polar surface area (TPSA) is 84.8 Å². The SMILES string of the molecule is CN(C)C(=O)N1CCN(c2cc(NCC(O)c3ccccc3)ncn2)CC1. The van der Waals surface area contributed by atoms with Gasteiger partial charge in [-0.1, -0.05) is 30.3 Å². The molecule has 0 aliphatic carbocycles. The maximum absolute atomic E-state index is 12.0. The van der Waals surface area contributed by atoms with Gasteiger partial charge in [0.15, 0.2) is 0 Å². The van der Waals surface area contributed by atoms with E-state index in [1.54, 1.807) is 19.0 Å². The molecule has 1 fully saturated rings.